The second-order valence-corrected chi connectivity index (χ2v) is 7.80. The minimum Gasteiger partial charge on any atom is -0.351 e. The fraction of sp³-hybridized carbons (Fsp3) is 0.143. The first-order chi connectivity index (χ1) is 11.1. The molecule has 0 aliphatic carbocycles. The molecular formula is C14H10N4O2S3. The molecule has 9 heteroatoms. The van der Waals surface area contributed by atoms with Crippen molar-refractivity contribution in [2.75, 3.05) is 11.6 Å². The van der Waals surface area contributed by atoms with Crippen molar-refractivity contribution in [1.82, 2.24) is 15.1 Å². The SMILES string of the molecule is CSc1nc2ccc3nc(NC(=O)c4cc(C)no4)sc3c2s1. The van der Waals surface area contributed by atoms with E-state index in [-0.39, 0.29) is 11.7 Å². The summed E-state index contributed by atoms with van der Waals surface area (Å²) in [6.45, 7) is 1.77. The Labute approximate surface area is 142 Å². The van der Waals surface area contributed by atoms with Crippen LogP contribution in [0.5, 0.6) is 0 Å². The molecule has 3 heterocycles. The van der Waals surface area contributed by atoms with E-state index >= 15 is 0 Å². The Morgan fingerprint density at radius 2 is 1.96 bits per heavy atom. The van der Waals surface area contributed by atoms with Crippen LogP contribution in [0.1, 0.15) is 16.2 Å². The number of thioether (sulfide) groups is 1. The highest BCUT2D eigenvalue weighted by Crippen LogP contribution is 2.38. The summed E-state index contributed by atoms with van der Waals surface area (Å²) in [6, 6.07) is 5.47. The molecule has 0 spiro atoms. The maximum atomic E-state index is 12.1. The molecule has 0 saturated heterocycles. The summed E-state index contributed by atoms with van der Waals surface area (Å²) in [5, 5.41) is 7.01. The Kier molecular flexibility index (Phi) is 3.55. The van der Waals surface area contributed by atoms with Crippen LogP contribution in [-0.4, -0.2) is 27.3 Å². The Balaban J connectivity index is 1.72. The van der Waals surface area contributed by atoms with Crippen LogP contribution in [0, 0.1) is 6.92 Å². The zero-order valence-electron chi connectivity index (χ0n) is 12.1. The van der Waals surface area contributed by atoms with Gasteiger partial charge in [-0.1, -0.05) is 28.3 Å². The zero-order chi connectivity index (χ0) is 16.0. The van der Waals surface area contributed by atoms with Gasteiger partial charge in [-0.05, 0) is 25.3 Å². The second-order valence-electron chi connectivity index (χ2n) is 4.75. The molecule has 0 fully saturated rings. The first-order valence-corrected chi connectivity index (χ1v) is 9.48. The van der Waals surface area contributed by atoms with Crippen LogP contribution >= 0.6 is 34.4 Å². The number of thiazole rings is 2. The highest BCUT2D eigenvalue weighted by atomic mass is 32.2. The Bertz CT molecular complexity index is 1030. The molecule has 1 aromatic carbocycles. The van der Waals surface area contributed by atoms with Crippen molar-refractivity contribution < 1.29 is 9.32 Å². The van der Waals surface area contributed by atoms with Crippen LogP contribution < -0.4 is 5.32 Å². The summed E-state index contributed by atoms with van der Waals surface area (Å²) in [4.78, 5) is 21.1. The molecule has 0 aliphatic heterocycles. The predicted molar refractivity (Wildman–Crippen MR) is 93.8 cm³/mol. The van der Waals surface area contributed by atoms with Crippen molar-refractivity contribution in [1.29, 1.82) is 0 Å². The lowest BCUT2D eigenvalue weighted by Gasteiger charge is -1.95. The molecule has 0 saturated carbocycles. The van der Waals surface area contributed by atoms with Crippen molar-refractivity contribution in [3.63, 3.8) is 0 Å². The first kappa shape index (κ1) is 14.6. The van der Waals surface area contributed by atoms with Gasteiger partial charge in [-0.3, -0.25) is 10.1 Å². The quantitative estimate of drug-likeness (QED) is 0.551. The average molecular weight is 362 g/mol. The van der Waals surface area contributed by atoms with E-state index in [2.05, 4.69) is 20.4 Å². The van der Waals surface area contributed by atoms with Gasteiger partial charge in [0.2, 0.25) is 5.76 Å². The molecule has 0 atom stereocenters. The van der Waals surface area contributed by atoms with E-state index in [4.69, 9.17) is 4.52 Å². The van der Waals surface area contributed by atoms with E-state index in [1.54, 1.807) is 36.1 Å². The summed E-state index contributed by atoms with van der Waals surface area (Å²) in [7, 11) is 0. The number of benzene rings is 1. The molecule has 0 unspecified atom stereocenters. The van der Waals surface area contributed by atoms with Gasteiger partial charge in [-0.15, -0.1) is 11.3 Å². The first-order valence-electron chi connectivity index (χ1n) is 6.63. The van der Waals surface area contributed by atoms with Gasteiger partial charge in [0.1, 0.15) is 0 Å². The van der Waals surface area contributed by atoms with Crippen molar-refractivity contribution in [2.45, 2.75) is 11.3 Å². The second kappa shape index (κ2) is 5.59. The Morgan fingerprint density at radius 3 is 2.65 bits per heavy atom. The number of hydrogen-bond donors (Lipinski definition) is 1. The van der Waals surface area contributed by atoms with Gasteiger partial charge in [0.15, 0.2) is 9.47 Å². The fourth-order valence-corrected chi connectivity index (χ4v) is 4.78. The van der Waals surface area contributed by atoms with Gasteiger partial charge < -0.3 is 4.52 Å². The number of anilines is 1. The summed E-state index contributed by atoms with van der Waals surface area (Å²) in [5.41, 5.74) is 2.47. The van der Waals surface area contributed by atoms with Crippen molar-refractivity contribution in [2.24, 2.45) is 0 Å². The van der Waals surface area contributed by atoms with E-state index in [0.717, 1.165) is 24.8 Å². The third-order valence-electron chi connectivity index (χ3n) is 3.14. The molecule has 116 valence electrons. The van der Waals surface area contributed by atoms with Gasteiger partial charge in [0.05, 0.1) is 26.1 Å². The van der Waals surface area contributed by atoms with Crippen molar-refractivity contribution >= 4 is 65.9 Å². The highest BCUT2D eigenvalue weighted by Gasteiger charge is 2.16. The van der Waals surface area contributed by atoms with Gasteiger partial charge >= 0.3 is 0 Å². The molecule has 4 rings (SSSR count). The summed E-state index contributed by atoms with van der Waals surface area (Å²) in [5.74, 6) is -0.177. The maximum absolute atomic E-state index is 12.1. The minimum atomic E-state index is -0.352. The van der Waals surface area contributed by atoms with Gasteiger partial charge in [-0.2, -0.15) is 0 Å². The van der Waals surface area contributed by atoms with Crippen LogP contribution in [0.15, 0.2) is 27.1 Å². The monoisotopic (exact) mass is 362 g/mol. The molecule has 0 aliphatic rings. The van der Waals surface area contributed by atoms with Gasteiger partial charge in [0.25, 0.3) is 5.91 Å². The van der Waals surface area contributed by atoms with E-state index in [0.29, 0.717) is 10.8 Å². The van der Waals surface area contributed by atoms with Crippen molar-refractivity contribution in [3.05, 3.63) is 29.7 Å². The van der Waals surface area contributed by atoms with E-state index in [1.165, 1.54) is 11.3 Å². The maximum Gasteiger partial charge on any atom is 0.296 e. The fourth-order valence-electron chi connectivity index (χ4n) is 2.12. The van der Waals surface area contributed by atoms with Gasteiger partial charge in [0, 0.05) is 6.07 Å². The molecular weight excluding hydrogens is 352 g/mol. The normalized spacial score (nSPS) is 11.4. The number of aromatic nitrogens is 3. The van der Waals surface area contributed by atoms with E-state index in [1.807, 2.05) is 18.4 Å². The number of nitrogens with zero attached hydrogens (tertiary/aromatic N) is 3. The van der Waals surface area contributed by atoms with Crippen molar-refractivity contribution in [3.8, 4) is 0 Å². The smallest absolute Gasteiger partial charge is 0.296 e. The number of amides is 1. The third-order valence-corrected chi connectivity index (χ3v) is 6.35. The van der Waals surface area contributed by atoms with E-state index in [9.17, 15) is 4.79 Å². The lowest BCUT2D eigenvalue weighted by atomic mass is 10.3. The molecule has 0 bridgehead atoms. The standard InChI is InChI=1S/C14H10N4O2S3/c1-6-5-9(20-18-6)12(19)17-13-15-7-3-4-8-11(10(7)22-13)23-14(16-8)21-2/h3-5H,1-2H3,(H,15,17,19). The lowest BCUT2D eigenvalue weighted by Crippen LogP contribution is -2.10. The van der Waals surface area contributed by atoms with Crippen LogP contribution in [-0.2, 0) is 0 Å². The van der Waals surface area contributed by atoms with Crippen LogP contribution in [0.3, 0.4) is 0 Å². The highest BCUT2D eigenvalue weighted by molar-refractivity contribution is 8.00. The molecule has 6 nitrogen and oxygen atoms in total. The number of rotatable bonds is 3. The number of nitrogens with one attached hydrogen (secondary N) is 1. The van der Waals surface area contributed by atoms with Crippen LogP contribution in [0.4, 0.5) is 5.13 Å². The van der Waals surface area contributed by atoms with Gasteiger partial charge in [-0.25, -0.2) is 9.97 Å². The number of fused-ring (bicyclic) bond motifs is 3. The minimum absolute atomic E-state index is 0.175. The molecule has 0 radical (unpaired) electrons. The topological polar surface area (TPSA) is 80.9 Å². The van der Waals surface area contributed by atoms with Crippen LogP contribution in [0.2, 0.25) is 0 Å². The number of hydrogen-bond acceptors (Lipinski definition) is 8. The molecule has 1 amide bonds. The third kappa shape index (κ3) is 2.60. The Hall–Kier alpha value is -1.97. The predicted octanol–water partition coefficient (Wildman–Crippen LogP) is 4.18. The molecule has 23 heavy (non-hydrogen) atoms. The van der Waals surface area contributed by atoms with Crippen LogP contribution in [0.25, 0.3) is 20.4 Å². The lowest BCUT2D eigenvalue weighted by molar-refractivity contribution is 0.0988. The zero-order valence-corrected chi connectivity index (χ0v) is 14.6. The molecule has 3 aromatic heterocycles. The largest absolute Gasteiger partial charge is 0.351 e. The molecule has 4 aromatic rings. The van der Waals surface area contributed by atoms with E-state index < -0.39 is 0 Å². The number of aryl methyl sites for hydroxylation is 1. The summed E-state index contributed by atoms with van der Waals surface area (Å²) in [6.07, 6.45) is 2.01. The summed E-state index contributed by atoms with van der Waals surface area (Å²) >= 11 is 4.70. The molecule has 1 N–H and O–H groups in total. The Morgan fingerprint density at radius 1 is 1.22 bits per heavy atom. The summed E-state index contributed by atoms with van der Waals surface area (Å²) < 4.78 is 8.11. The number of carbonyl (C=O) groups excluding carboxylic acids is 1. The average Bonchev–Trinajstić information content (AvgIpc) is 3.22. The number of carbonyl (C=O) groups is 1.